The molecule has 0 saturated heterocycles. The fraction of sp³-hybridized carbons (Fsp3) is 0.263. The zero-order chi connectivity index (χ0) is 17.2. The number of carbonyl (C=O) groups is 2. The van der Waals surface area contributed by atoms with Gasteiger partial charge in [-0.15, -0.1) is 0 Å². The number of hydrogen-bond donors (Lipinski definition) is 2. The van der Waals surface area contributed by atoms with Gasteiger partial charge in [-0.25, -0.2) is 9.18 Å². The van der Waals surface area contributed by atoms with Gasteiger partial charge in [0, 0.05) is 12.0 Å². The summed E-state index contributed by atoms with van der Waals surface area (Å²) in [5.74, 6) is -1.45. The lowest BCUT2D eigenvalue weighted by Crippen LogP contribution is -2.33. The average molecular weight is 327 g/mol. The Hall–Kier alpha value is -2.69. The highest BCUT2D eigenvalue weighted by Gasteiger charge is 2.44. The van der Waals surface area contributed by atoms with Gasteiger partial charge in [-0.2, -0.15) is 0 Å². The van der Waals surface area contributed by atoms with E-state index in [-0.39, 0.29) is 29.1 Å². The van der Waals surface area contributed by atoms with Crippen molar-refractivity contribution in [3.8, 4) is 0 Å². The lowest BCUT2D eigenvalue weighted by Gasteiger charge is -2.17. The van der Waals surface area contributed by atoms with Gasteiger partial charge in [0.15, 0.2) is 0 Å². The molecule has 0 aliphatic heterocycles. The fourth-order valence-corrected chi connectivity index (χ4v) is 2.87. The number of amides is 1. The summed E-state index contributed by atoms with van der Waals surface area (Å²) in [6.45, 7) is 0.466. The maximum absolute atomic E-state index is 13.4. The van der Waals surface area contributed by atoms with Crippen molar-refractivity contribution in [1.82, 2.24) is 5.32 Å². The van der Waals surface area contributed by atoms with Crippen LogP contribution in [-0.2, 0) is 16.6 Å². The zero-order valence-corrected chi connectivity index (χ0v) is 13.1. The number of rotatable bonds is 6. The lowest BCUT2D eigenvalue weighted by atomic mass is 9.95. The highest BCUT2D eigenvalue weighted by molar-refractivity contribution is 5.88. The van der Waals surface area contributed by atoms with E-state index in [1.54, 1.807) is 18.2 Å². The number of hydrogen-bond acceptors (Lipinski definition) is 2. The molecule has 24 heavy (non-hydrogen) atoms. The van der Waals surface area contributed by atoms with Gasteiger partial charge >= 0.3 is 5.97 Å². The number of carboxylic acids is 1. The van der Waals surface area contributed by atoms with Gasteiger partial charge < -0.3 is 10.4 Å². The average Bonchev–Trinajstić information content (AvgIpc) is 3.34. The molecular weight excluding hydrogens is 309 g/mol. The number of nitrogens with one attached hydrogen (secondary N) is 1. The van der Waals surface area contributed by atoms with Gasteiger partial charge in [-0.3, -0.25) is 4.79 Å². The number of carboxylic acid groups (broad SMARTS) is 1. The van der Waals surface area contributed by atoms with E-state index in [4.69, 9.17) is 5.11 Å². The van der Waals surface area contributed by atoms with Crippen molar-refractivity contribution >= 4 is 11.9 Å². The molecule has 3 rings (SSSR count). The summed E-state index contributed by atoms with van der Waals surface area (Å²) in [5.41, 5.74) is 1.57. The first-order valence-electron chi connectivity index (χ1n) is 7.83. The van der Waals surface area contributed by atoms with Crippen molar-refractivity contribution in [2.75, 3.05) is 6.54 Å². The predicted octanol–water partition coefficient (Wildman–Crippen LogP) is 2.91. The highest BCUT2D eigenvalue weighted by Crippen LogP contribution is 2.47. The Bertz CT molecular complexity index is 784. The topological polar surface area (TPSA) is 66.4 Å². The van der Waals surface area contributed by atoms with Crippen LogP contribution in [0.25, 0.3) is 0 Å². The first-order chi connectivity index (χ1) is 11.5. The molecule has 0 spiro atoms. The summed E-state index contributed by atoms with van der Waals surface area (Å²) in [7, 11) is 0. The minimum absolute atomic E-state index is 0.125. The monoisotopic (exact) mass is 327 g/mol. The first kappa shape index (κ1) is 16.2. The third-order valence-corrected chi connectivity index (χ3v) is 4.45. The van der Waals surface area contributed by atoms with Gasteiger partial charge in [0.2, 0.25) is 5.91 Å². The third kappa shape index (κ3) is 3.62. The Balaban J connectivity index is 1.60. The quantitative estimate of drug-likeness (QED) is 0.857. The van der Waals surface area contributed by atoms with Crippen LogP contribution in [-0.4, -0.2) is 23.5 Å². The van der Waals surface area contributed by atoms with Crippen LogP contribution in [0.1, 0.15) is 34.3 Å². The van der Waals surface area contributed by atoms with Crippen LogP contribution in [0.3, 0.4) is 0 Å². The predicted molar refractivity (Wildman–Crippen MR) is 87.4 cm³/mol. The molecule has 0 radical (unpaired) electrons. The Labute approximate surface area is 139 Å². The molecule has 1 amide bonds. The molecule has 0 atom stereocenters. The van der Waals surface area contributed by atoms with E-state index in [1.807, 2.05) is 6.07 Å². The number of halogens is 1. The SMILES string of the molecule is O=C(Cc1cccc(C(=O)O)c1)NCC1(c2cccc(F)c2)CC1. The maximum Gasteiger partial charge on any atom is 0.335 e. The third-order valence-electron chi connectivity index (χ3n) is 4.45. The summed E-state index contributed by atoms with van der Waals surface area (Å²) in [5, 5.41) is 11.9. The van der Waals surface area contributed by atoms with Gasteiger partial charge in [0.05, 0.1) is 12.0 Å². The molecular formula is C19H18FNO3. The smallest absolute Gasteiger partial charge is 0.335 e. The molecule has 0 aromatic heterocycles. The standard InChI is InChI=1S/C19H18FNO3/c20-16-6-2-5-15(11-16)19(7-8-19)12-21-17(22)10-13-3-1-4-14(9-13)18(23)24/h1-6,9,11H,7-8,10,12H2,(H,21,22)(H,23,24). The second-order valence-electron chi connectivity index (χ2n) is 6.25. The summed E-state index contributed by atoms with van der Waals surface area (Å²) in [6, 6.07) is 12.9. The second kappa shape index (κ2) is 6.43. The summed E-state index contributed by atoms with van der Waals surface area (Å²) < 4.78 is 13.4. The van der Waals surface area contributed by atoms with Crippen LogP contribution in [0.2, 0.25) is 0 Å². The van der Waals surface area contributed by atoms with Gasteiger partial charge in [0.1, 0.15) is 5.82 Å². The number of aromatic carboxylic acids is 1. The molecule has 0 unspecified atom stereocenters. The maximum atomic E-state index is 13.4. The largest absolute Gasteiger partial charge is 0.478 e. The summed E-state index contributed by atoms with van der Waals surface area (Å²) >= 11 is 0. The highest BCUT2D eigenvalue weighted by atomic mass is 19.1. The first-order valence-corrected chi connectivity index (χ1v) is 7.83. The molecule has 5 heteroatoms. The van der Waals surface area contributed by atoms with Crippen LogP contribution < -0.4 is 5.32 Å². The van der Waals surface area contributed by atoms with Crippen molar-refractivity contribution in [2.45, 2.75) is 24.7 Å². The Morgan fingerprint density at radius 3 is 2.54 bits per heavy atom. The number of benzene rings is 2. The molecule has 2 aromatic carbocycles. The van der Waals surface area contributed by atoms with Crippen LogP contribution in [0.5, 0.6) is 0 Å². The number of carbonyl (C=O) groups excluding carboxylic acids is 1. The summed E-state index contributed by atoms with van der Waals surface area (Å²) in [6.07, 6.45) is 1.97. The van der Waals surface area contributed by atoms with E-state index in [0.717, 1.165) is 18.4 Å². The minimum Gasteiger partial charge on any atom is -0.478 e. The molecule has 124 valence electrons. The lowest BCUT2D eigenvalue weighted by molar-refractivity contribution is -0.120. The van der Waals surface area contributed by atoms with Gasteiger partial charge in [-0.05, 0) is 48.2 Å². The molecule has 0 heterocycles. The van der Waals surface area contributed by atoms with Gasteiger partial charge in [0.25, 0.3) is 0 Å². The van der Waals surface area contributed by atoms with E-state index >= 15 is 0 Å². The molecule has 4 nitrogen and oxygen atoms in total. The van der Waals surface area contributed by atoms with E-state index in [1.165, 1.54) is 24.3 Å². The molecule has 1 fully saturated rings. The van der Waals surface area contributed by atoms with E-state index in [9.17, 15) is 14.0 Å². The fourth-order valence-electron chi connectivity index (χ4n) is 2.87. The van der Waals surface area contributed by atoms with Crippen molar-refractivity contribution < 1.29 is 19.1 Å². The van der Waals surface area contributed by atoms with Crippen molar-refractivity contribution in [2.24, 2.45) is 0 Å². The van der Waals surface area contributed by atoms with E-state index < -0.39 is 5.97 Å². The van der Waals surface area contributed by atoms with Crippen LogP contribution in [0.15, 0.2) is 48.5 Å². The van der Waals surface area contributed by atoms with Crippen LogP contribution >= 0.6 is 0 Å². The molecule has 1 saturated carbocycles. The van der Waals surface area contributed by atoms with E-state index in [0.29, 0.717) is 12.1 Å². The van der Waals surface area contributed by atoms with Crippen LogP contribution in [0, 0.1) is 5.82 Å². The Kier molecular flexibility index (Phi) is 4.34. The summed E-state index contributed by atoms with van der Waals surface area (Å²) in [4.78, 5) is 23.1. The van der Waals surface area contributed by atoms with E-state index in [2.05, 4.69) is 5.32 Å². The molecule has 1 aliphatic carbocycles. The zero-order valence-electron chi connectivity index (χ0n) is 13.1. The Morgan fingerprint density at radius 2 is 1.88 bits per heavy atom. The van der Waals surface area contributed by atoms with Crippen molar-refractivity contribution in [3.63, 3.8) is 0 Å². The molecule has 1 aliphatic rings. The minimum atomic E-state index is -1.01. The van der Waals surface area contributed by atoms with Crippen molar-refractivity contribution in [1.29, 1.82) is 0 Å². The normalized spacial score (nSPS) is 14.9. The van der Waals surface area contributed by atoms with Crippen LogP contribution in [0.4, 0.5) is 4.39 Å². The molecule has 0 bridgehead atoms. The molecule has 2 N–H and O–H groups in total. The second-order valence-corrected chi connectivity index (χ2v) is 6.25. The molecule has 2 aromatic rings. The van der Waals surface area contributed by atoms with Crippen molar-refractivity contribution in [3.05, 3.63) is 71.0 Å². The van der Waals surface area contributed by atoms with Gasteiger partial charge in [-0.1, -0.05) is 24.3 Å². The Morgan fingerprint density at radius 1 is 1.12 bits per heavy atom.